The lowest BCUT2D eigenvalue weighted by Crippen LogP contribution is -1.89. The average Bonchev–Trinajstić information content (AvgIpc) is 2.31. The number of anilines is 2. The molecule has 0 spiro atoms. The highest BCUT2D eigenvalue weighted by Crippen LogP contribution is 2.09. The zero-order chi connectivity index (χ0) is 11.8. The van der Waals surface area contributed by atoms with Gasteiger partial charge in [0.05, 0.1) is 7.11 Å². The molecule has 4 N–H and O–H groups in total. The van der Waals surface area contributed by atoms with E-state index in [-0.39, 0.29) is 0 Å². The van der Waals surface area contributed by atoms with Crippen molar-refractivity contribution < 1.29 is 4.74 Å². The first-order valence-electron chi connectivity index (χ1n) is 4.64. The van der Waals surface area contributed by atoms with Gasteiger partial charge in [0, 0.05) is 18.5 Å². The highest BCUT2D eigenvalue weighted by atomic mass is 16.5. The molecule has 5 heteroatoms. The van der Waals surface area contributed by atoms with Gasteiger partial charge in [-0.05, 0) is 18.2 Å². The summed E-state index contributed by atoms with van der Waals surface area (Å²) in [7, 11) is 1.59. The van der Waals surface area contributed by atoms with Gasteiger partial charge in [-0.3, -0.25) is 0 Å². The van der Waals surface area contributed by atoms with Crippen LogP contribution in [-0.4, -0.2) is 17.1 Å². The van der Waals surface area contributed by atoms with Crippen molar-refractivity contribution >= 4 is 11.6 Å². The zero-order valence-corrected chi connectivity index (χ0v) is 9.00. The van der Waals surface area contributed by atoms with Gasteiger partial charge in [0.2, 0.25) is 0 Å². The molecule has 0 aliphatic rings. The highest BCUT2D eigenvalue weighted by Gasteiger charge is 1.88. The van der Waals surface area contributed by atoms with E-state index in [1.807, 2.05) is 12.1 Å². The number of nitrogen functional groups attached to an aromatic ring is 2. The first kappa shape index (κ1) is 11.8. The molecule has 0 radical (unpaired) electrons. The third-order valence-electron chi connectivity index (χ3n) is 1.68. The van der Waals surface area contributed by atoms with Crippen molar-refractivity contribution in [2.24, 2.45) is 0 Å². The molecule has 0 amide bonds. The maximum atomic E-state index is 5.34. The Labute approximate surface area is 94.1 Å². The highest BCUT2D eigenvalue weighted by molar-refractivity contribution is 5.35. The van der Waals surface area contributed by atoms with Crippen LogP contribution in [-0.2, 0) is 0 Å². The first-order chi connectivity index (χ1) is 7.72. The lowest BCUT2D eigenvalue weighted by Gasteiger charge is -1.97. The monoisotopic (exact) mass is 218 g/mol. The van der Waals surface area contributed by atoms with Crippen LogP contribution in [0.25, 0.3) is 0 Å². The van der Waals surface area contributed by atoms with Gasteiger partial charge in [-0.1, -0.05) is 6.07 Å². The van der Waals surface area contributed by atoms with Gasteiger partial charge in [0.25, 0.3) is 0 Å². The fourth-order valence-electron chi connectivity index (χ4n) is 0.931. The van der Waals surface area contributed by atoms with E-state index < -0.39 is 0 Å². The number of ether oxygens (including phenoxy) is 1. The van der Waals surface area contributed by atoms with Crippen LogP contribution in [0.15, 0.2) is 42.7 Å². The Morgan fingerprint density at radius 1 is 1.00 bits per heavy atom. The Morgan fingerprint density at radius 3 is 2.12 bits per heavy atom. The van der Waals surface area contributed by atoms with Gasteiger partial charge < -0.3 is 16.2 Å². The second-order valence-corrected chi connectivity index (χ2v) is 2.88. The molecular formula is C11H14N4O. The number of nitrogens with zero attached hydrogens (tertiary/aromatic N) is 2. The van der Waals surface area contributed by atoms with Crippen molar-refractivity contribution in [3.8, 4) is 5.75 Å². The number of hydrogen-bond acceptors (Lipinski definition) is 5. The minimum atomic E-state index is 0.481. The standard InChI is InChI=1S/C6H8N2O.C5H6N2/c1-9-5-2-3-8-6(7)4-5;6-5-3-1-2-4-7-5/h2-4H,1H3,(H2,7,8);1-4H,(H2,6,7). The summed E-state index contributed by atoms with van der Waals surface area (Å²) < 4.78 is 4.88. The molecule has 0 unspecified atom stereocenters. The topological polar surface area (TPSA) is 87.0 Å². The molecule has 0 aromatic carbocycles. The molecule has 0 aliphatic carbocycles. The van der Waals surface area contributed by atoms with Crippen LogP contribution < -0.4 is 16.2 Å². The minimum Gasteiger partial charge on any atom is -0.497 e. The summed E-state index contributed by atoms with van der Waals surface area (Å²) in [5.74, 6) is 1.79. The Bertz CT molecular complexity index is 419. The number of aromatic nitrogens is 2. The van der Waals surface area contributed by atoms with Gasteiger partial charge in [0.1, 0.15) is 17.4 Å². The van der Waals surface area contributed by atoms with Crippen LogP contribution in [0.2, 0.25) is 0 Å². The van der Waals surface area contributed by atoms with E-state index in [9.17, 15) is 0 Å². The number of methoxy groups -OCH3 is 1. The van der Waals surface area contributed by atoms with Gasteiger partial charge >= 0.3 is 0 Å². The minimum absolute atomic E-state index is 0.481. The number of nitrogens with two attached hydrogens (primary N) is 2. The van der Waals surface area contributed by atoms with E-state index in [1.165, 1.54) is 0 Å². The smallest absolute Gasteiger partial charge is 0.126 e. The summed E-state index contributed by atoms with van der Waals surface area (Å²) in [6.45, 7) is 0. The van der Waals surface area contributed by atoms with E-state index in [1.54, 1.807) is 37.7 Å². The van der Waals surface area contributed by atoms with Crippen molar-refractivity contribution in [1.82, 2.24) is 9.97 Å². The molecule has 2 aromatic rings. The van der Waals surface area contributed by atoms with Crippen molar-refractivity contribution in [3.63, 3.8) is 0 Å². The number of hydrogen-bond donors (Lipinski definition) is 2. The van der Waals surface area contributed by atoms with Crippen molar-refractivity contribution in [2.45, 2.75) is 0 Å². The molecule has 16 heavy (non-hydrogen) atoms. The van der Waals surface area contributed by atoms with Crippen molar-refractivity contribution in [2.75, 3.05) is 18.6 Å². The van der Waals surface area contributed by atoms with Gasteiger partial charge in [-0.25, -0.2) is 9.97 Å². The predicted octanol–water partition coefficient (Wildman–Crippen LogP) is 1.34. The summed E-state index contributed by atoms with van der Waals surface area (Å²) in [5.41, 5.74) is 10.6. The molecular weight excluding hydrogens is 204 g/mol. The van der Waals surface area contributed by atoms with Crippen LogP contribution in [0.3, 0.4) is 0 Å². The van der Waals surface area contributed by atoms with Crippen LogP contribution in [0.5, 0.6) is 5.75 Å². The third-order valence-corrected chi connectivity index (χ3v) is 1.68. The summed E-state index contributed by atoms with van der Waals surface area (Å²) >= 11 is 0. The van der Waals surface area contributed by atoms with Crippen molar-refractivity contribution in [3.05, 3.63) is 42.7 Å². The van der Waals surface area contributed by atoms with E-state index >= 15 is 0 Å². The van der Waals surface area contributed by atoms with E-state index in [4.69, 9.17) is 16.2 Å². The maximum Gasteiger partial charge on any atom is 0.126 e. The lowest BCUT2D eigenvalue weighted by atomic mass is 10.4. The van der Waals surface area contributed by atoms with E-state index in [0.717, 1.165) is 5.75 Å². The lowest BCUT2D eigenvalue weighted by molar-refractivity contribution is 0.414. The molecule has 84 valence electrons. The molecule has 0 saturated carbocycles. The molecule has 5 nitrogen and oxygen atoms in total. The first-order valence-corrected chi connectivity index (χ1v) is 4.64. The van der Waals surface area contributed by atoms with E-state index in [2.05, 4.69) is 9.97 Å². The van der Waals surface area contributed by atoms with Crippen LogP contribution in [0.4, 0.5) is 11.6 Å². The van der Waals surface area contributed by atoms with Crippen LogP contribution >= 0.6 is 0 Å². The van der Waals surface area contributed by atoms with Crippen molar-refractivity contribution in [1.29, 1.82) is 0 Å². The Balaban J connectivity index is 0.000000165. The van der Waals surface area contributed by atoms with Crippen LogP contribution in [0, 0.1) is 0 Å². The molecule has 0 fully saturated rings. The fraction of sp³-hybridized carbons (Fsp3) is 0.0909. The van der Waals surface area contributed by atoms with Gasteiger partial charge in [-0.2, -0.15) is 0 Å². The number of pyridine rings is 2. The maximum absolute atomic E-state index is 5.34. The predicted molar refractivity (Wildman–Crippen MR) is 63.9 cm³/mol. The molecule has 2 aromatic heterocycles. The van der Waals surface area contributed by atoms with Gasteiger partial charge in [0.15, 0.2) is 0 Å². The van der Waals surface area contributed by atoms with E-state index in [0.29, 0.717) is 11.6 Å². The Morgan fingerprint density at radius 2 is 1.75 bits per heavy atom. The van der Waals surface area contributed by atoms with Gasteiger partial charge in [-0.15, -0.1) is 0 Å². The third kappa shape index (κ3) is 4.28. The molecule has 2 heterocycles. The van der Waals surface area contributed by atoms with Crippen LogP contribution in [0.1, 0.15) is 0 Å². The Kier molecular flexibility index (Phi) is 4.59. The summed E-state index contributed by atoms with van der Waals surface area (Å²) in [5, 5.41) is 0. The number of rotatable bonds is 1. The summed E-state index contributed by atoms with van der Waals surface area (Å²) in [6, 6.07) is 8.84. The summed E-state index contributed by atoms with van der Waals surface area (Å²) in [4.78, 5) is 7.54. The zero-order valence-electron chi connectivity index (χ0n) is 9.00. The normalized spacial score (nSPS) is 8.81. The largest absolute Gasteiger partial charge is 0.497 e. The molecule has 2 rings (SSSR count). The second-order valence-electron chi connectivity index (χ2n) is 2.88. The Hall–Kier alpha value is -2.30. The summed E-state index contributed by atoms with van der Waals surface area (Å²) in [6.07, 6.45) is 3.27. The molecule has 0 atom stereocenters. The SMILES string of the molecule is COc1ccnc(N)c1.Nc1ccccn1. The average molecular weight is 218 g/mol. The fourth-order valence-corrected chi connectivity index (χ4v) is 0.931. The second kappa shape index (κ2) is 6.23. The quantitative estimate of drug-likeness (QED) is 0.754. The molecule has 0 aliphatic heterocycles. The molecule has 0 bridgehead atoms. The molecule has 0 saturated heterocycles.